The second-order valence-corrected chi connectivity index (χ2v) is 11.2. The number of hydrogen-bond donors (Lipinski definition) is 1. The van der Waals surface area contributed by atoms with Crippen LogP contribution in [0.25, 0.3) is 0 Å². The molecule has 0 saturated heterocycles. The molecular weight excluding hydrogens is 529 g/mol. The van der Waals surface area contributed by atoms with E-state index in [0.29, 0.717) is 17.0 Å². The van der Waals surface area contributed by atoms with Crippen molar-refractivity contribution in [1.82, 2.24) is 10.2 Å². The van der Waals surface area contributed by atoms with E-state index in [1.54, 1.807) is 49.4 Å². The molecular formula is C28H31ClFN3O4S. The van der Waals surface area contributed by atoms with Gasteiger partial charge in [-0.2, -0.15) is 0 Å². The molecule has 202 valence electrons. The minimum Gasteiger partial charge on any atom is -0.352 e. The van der Waals surface area contributed by atoms with Gasteiger partial charge in [0.1, 0.15) is 18.4 Å². The van der Waals surface area contributed by atoms with E-state index in [1.165, 1.54) is 29.2 Å². The second kappa shape index (κ2) is 12.9. The summed E-state index contributed by atoms with van der Waals surface area (Å²) < 4.78 is 41.9. The van der Waals surface area contributed by atoms with Gasteiger partial charge < -0.3 is 10.2 Å². The summed E-state index contributed by atoms with van der Waals surface area (Å²) in [7, 11) is -4.21. The first-order chi connectivity index (χ1) is 18.0. The van der Waals surface area contributed by atoms with Gasteiger partial charge in [-0.1, -0.05) is 54.9 Å². The van der Waals surface area contributed by atoms with Crippen molar-refractivity contribution in [2.24, 2.45) is 0 Å². The van der Waals surface area contributed by atoms with Crippen molar-refractivity contribution in [2.75, 3.05) is 10.8 Å². The van der Waals surface area contributed by atoms with E-state index in [2.05, 4.69) is 5.32 Å². The number of halogens is 2. The maximum absolute atomic E-state index is 13.8. The third kappa shape index (κ3) is 7.11. The molecule has 3 aromatic carbocycles. The SMILES string of the molecule is CC[C@H](C)NC(=O)[C@H](C)N(Cc1ccccc1Cl)C(=O)CN(c1ccc(F)cc1)S(=O)(=O)c1ccccc1. The molecule has 10 heteroatoms. The quantitative estimate of drug-likeness (QED) is 0.358. The number of amides is 2. The Morgan fingerprint density at radius 3 is 2.16 bits per heavy atom. The van der Waals surface area contributed by atoms with Crippen LogP contribution in [0.2, 0.25) is 5.02 Å². The molecule has 0 aromatic heterocycles. The lowest BCUT2D eigenvalue weighted by atomic mass is 10.1. The van der Waals surface area contributed by atoms with Crippen LogP contribution in [0.3, 0.4) is 0 Å². The van der Waals surface area contributed by atoms with Crippen LogP contribution in [0.4, 0.5) is 10.1 Å². The van der Waals surface area contributed by atoms with Crippen molar-refractivity contribution in [2.45, 2.75) is 50.7 Å². The average Bonchev–Trinajstić information content (AvgIpc) is 2.91. The van der Waals surface area contributed by atoms with E-state index in [0.717, 1.165) is 16.4 Å². The molecule has 3 rings (SSSR count). The molecule has 0 aliphatic heterocycles. The third-order valence-electron chi connectivity index (χ3n) is 6.19. The molecule has 0 spiro atoms. The van der Waals surface area contributed by atoms with Gasteiger partial charge in [-0.25, -0.2) is 12.8 Å². The maximum Gasteiger partial charge on any atom is 0.264 e. The van der Waals surface area contributed by atoms with E-state index in [1.807, 2.05) is 13.8 Å². The highest BCUT2D eigenvalue weighted by molar-refractivity contribution is 7.92. The maximum atomic E-state index is 13.8. The zero-order valence-electron chi connectivity index (χ0n) is 21.5. The summed E-state index contributed by atoms with van der Waals surface area (Å²) in [5.41, 5.74) is 0.711. The zero-order chi connectivity index (χ0) is 27.9. The van der Waals surface area contributed by atoms with E-state index < -0.39 is 34.3 Å². The summed E-state index contributed by atoms with van der Waals surface area (Å²) in [5.74, 6) is -1.55. The van der Waals surface area contributed by atoms with Crippen LogP contribution in [0.15, 0.2) is 83.8 Å². The molecule has 2 atom stereocenters. The molecule has 0 bridgehead atoms. The predicted molar refractivity (Wildman–Crippen MR) is 147 cm³/mol. The van der Waals surface area contributed by atoms with Crippen molar-refractivity contribution < 1.29 is 22.4 Å². The second-order valence-electron chi connectivity index (χ2n) is 8.91. The summed E-state index contributed by atoms with van der Waals surface area (Å²) in [6.07, 6.45) is 0.699. The van der Waals surface area contributed by atoms with Crippen molar-refractivity contribution >= 4 is 39.1 Å². The lowest BCUT2D eigenvalue weighted by Gasteiger charge is -2.32. The zero-order valence-corrected chi connectivity index (χ0v) is 23.0. The summed E-state index contributed by atoms with van der Waals surface area (Å²) >= 11 is 6.35. The van der Waals surface area contributed by atoms with Gasteiger partial charge in [0.2, 0.25) is 11.8 Å². The van der Waals surface area contributed by atoms with Gasteiger partial charge in [0.25, 0.3) is 10.0 Å². The Hall–Kier alpha value is -3.43. The van der Waals surface area contributed by atoms with Crippen LogP contribution in [0.1, 0.15) is 32.8 Å². The minimum atomic E-state index is -4.21. The van der Waals surface area contributed by atoms with Gasteiger partial charge in [0, 0.05) is 17.6 Å². The number of carbonyl (C=O) groups is 2. The predicted octanol–water partition coefficient (Wildman–Crippen LogP) is 5.01. The summed E-state index contributed by atoms with van der Waals surface area (Å²) in [6.45, 7) is 4.73. The molecule has 0 aliphatic rings. The van der Waals surface area contributed by atoms with Crippen LogP contribution in [-0.4, -0.2) is 43.8 Å². The number of rotatable bonds is 11. The molecule has 7 nitrogen and oxygen atoms in total. The molecule has 3 aromatic rings. The molecule has 0 aliphatic carbocycles. The lowest BCUT2D eigenvalue weighted by molar-refractivity contribution is -0.139. The van der Waals surface area contributed by atoms with Gasteiger partial charge in [0.05, 0.1) is 10.6 Å². The number of nitrogens with one attached hydrogen (secondary N) is 1. The lowest BCUT2D eigenvalue weighted by Crippen LogP contribution is -2.52. The van der Waals surface area contributed by atoms with Crippen LogP contribution in [0.5, 0.6) is 0 Å². The Bertz CT molecular complexity index is 1350. The van der Waals surface area contributed by atoms with Crippen LogP contribution >= 0.6 is 11.6 Å². The van der Waals surface area contributed by atoms with E-state index >= 15 is 0 Å². The largest absolute Gasteiger partial charge is 0.352 e. The van der Waals surface area contributed by atoms with Crippen molar-refractivity contribution in [1.29, 1.82) is 0 Å². The monoisotopic (exact) mass is 559 g/mol. The summed E-state index contributed by atoms with van der Waals surface area (Å²) in [5, 5.41) is 3.28. The molecule has 0 heterocycles. The standard InChI is InChI=1S/C28H31ClFN3O4S/c1-4-20(2)31-28(35)21(3)32(18-22-10-8-9-13-26(22)29)27(34)19-33(24-16-14-23(30)15-17-24)38(36,37)25-11-6-5-7-12-25/h5-17,20-21H,4,18-19H2,1-3H3,(H,31,35)/t20-,21-/m0/s1. The van der Waals surface area contributed by atoms with Crippen LogP contribution in [-0.2, 0) is 26.2 Å². The molecule has 0 fully saturated rings. The molecule has 0 radical (unpaired) electrons. The Balaban J connectivity index is 2.02. The fraction of sp³-hybridized carbons (Fsp3) is 0.286. The van der Waals surface area contributed by atoms with Gasteiger partial charge in [-0.05, 0) is 68.3 Å². The number of benzene rings is 3. The van der Waals surface area contributed by atoms with Gasteiger partial charge in [0.15, 0.2) is 0 Å². The first-order valence-electron chi connectivity index (χ1n) is 12.2. The van der Waals surface area contributed by atoms with Crippen LogP contribution in [0, 0.1) is 5.82 Å². The topological polar surface area (TPSA) is 86.8 Å². The van der Waals surface area contributed by atoms with Crippen molar-refractivity contribution in [3.8, 4) is 0 Å². The smallest absolute Gasteiger partial charge is 0.264 e. The number of carbonyl (C=O) groups excluding carboxylic acids is 2. The average molecular weight is 560 g/mol. The highest BCUT2D eigenvalue weighted by Crippen LogP contribution is 2.25. The van der Waals surface area contributed by atoms with Gasteiger partial charge in [-0.3, -0.25) is 13.9 Å². The van der Waals surface area contributed by atoms with E-state index in [-0.39, 0.29) is 29.1 Å². The molecule has 38 heavy (non-hydrogen) atoms. The Kier molecular flexibility index (Phi) is 9.88. The normalized spacial score (nSPS) is 12.9. The summed E-state index contributed by atoms with van der Waals surface area (Å²) in [4.78, 5) is 28.1. The highest BCUT2D eigenvalue weighted by Gasteiger charge is 2.33. The van der Waals surface area contributed by atoms with E-state index in [9.17, 15) is 22.4 Å². The first-order valence-corrected chi connectivity index (χ1v) is 14.0. The Morgan fingerprint density at radius 1 is 0.947 bits per heavy atom. The number of nitrogens with zero attached hydrogens (tertiary/aromatic N) is 2. The number of hydrogen-bond acceptors (Lipinski definition) is 4. The third-order valence-corrected chi connectivity index (χ3v) is 8.35. The van der Waals surface area contributed by atoms with Gasteiger partial charge in [-0.15, -0.1) is 0 Å². The molecule has 2 amide bonds. The van der Waals surface area contributed by atoms with Crippen molar-refractivity contribution in [3.63, 3.8) is 0 Å². The molecule has 0 unspecified atom stereocenters. The van der Waals surface area contributed by atoms with Crippen LogP contribution < -0.4 is 9.62 Å². The van der Waals surface area contributed by atoms with Crippen molar-refractivity contribution in [3.05, 3.63) is 95.3 Å². The Morgan fingerprint density at radius 2 is 1.55 bits per heavy atom. The summed E-state index contributed by atoms with van der Waals surface area (Å²) in [6, 6.07) is 18.4. The molecule has 0 saturated carbocycles. The fourth-order valence-corrected chi connectivity index (χ4v) is 5.34. The minimum absolute atomic E-state index is 0.0176. The fourth-order valence-electron chi connectivity index (χ4n) is 3.71. The first kappa shape index (κ1) is 29.1. The highest BCUT2D eigenvalue weighted by atomic mass is 35.5. The number of anilines is 1. The Labute approximate surface area is 228 Å². The number of sulfonamides is 1. The molecule has 1 N–H and O–H groups in total. The van der Waals surface area contributed by atoms with E-state index in [4.69, 9.17) is 11.6 Å². The van der Waals surface area contributed by atoms with Gasteiger partial charge >= 0.3 is 0 Å².